The number of anilines is 2. The van der Waals surface area contributed by atoms with Gasteiger partial charge in [0.1, 0.15) is 9.79 Å². The number of aryl methyl sites for hydroxylation is 2. The number of benzene rings is 4. The Morgan fingerprint density at radius 3 is 1.47 bits per heavy atom. The maximum Gasteiger partial charge on any atom is 0.286 e. The molecule has 0 radical (unpaired) electrons. The van der Waals surface area contributed by atoms with Gasteiger partial charge in [0, 0.05) is 27.1 Å². The van der Waals surface area contributed by atoms with Crippen molar-refractivity contribution in [3.05, 3.63) is 114 Å². The number of hydrogen-bond acceptors (Lipinski definition) is 10. The summed E-state index contributed by atoms with van der Waals surface area (Å²) in [5.74, 6) is -0.922. The number of methoxy groups -OCH3 is 1. The van der Waals surface area contributed by atoms with Gasteiger partial charge in [-0.1, -0.05) is 63.4 Å². The highest BCUT2D eigenvalue weighted by atomic mass is 127. The van der Waals surface area contributed by atoms with Gasteiger partial charge in [0.2, 0.25) is 0 Å². The average molecular weight is 1010 g/mol. The Balaban J connectivity index is 0.000000285. The molecule has 4 aromatic carbocycles. The van der Waals surface area contributed by atoms with E-state index in [2.05, 4.69) is 19.4 Å². The van der Waals surface area contributed by atoms with E-state index in [4.69, 9.17) is 4.74 Å². The molecule has 4 aromatic rings. The average Bonchev–Trinajstić information content (AvgIpc) is 3.13. The number of nitrogens with zero attached hydrogens (tertiary/aromatic N) is 2. The van der Waals surface area contributed by atoms with Crippen LogP contribution in [0.5, 0.6) is 0 Å². The molecule has 2 aliphatic heterocycles. The van der Waals surface area contributed by atoms with Gasteiger partial charge in [0.25, 0.3) is 20.0 Å². The molecule has 6 rings (SSSR count). The fourth-order valence-electron chi connectivity index (χ4n) is 5.68. The number of amidine groups is 2. The zero-order chi connectivity index (χ0) is 38.2. The monoisotopic (exact) mass is 1010 g/mol. The van der Waals surface area contributed by atoms with Gasteiger partial charge in [-0.15, -0.1) is 8.80 Å². The number of aliphatic hydroxyl groups is 1. The summed E-state index contributed by atoms with van der Waals surface area (Å²) in [5, 5.41) is 15.0. The Kier molecular flexibility index (Phi) is 17.1. The van der Waals surface area contributed by atoms with Crippen LogP contribution in [-0.2, 0) is 60.4 Å². The fraction of sp³-hybridized carbons (Fsp3) is 0.282. The van der Waals surface area contributed by atoms with Gasteiger partial charge >= 0.3 is 0 Å². The lowest BCUT2D eigenvalue weighted by Crippen LogP contribution is -2.29. The molecule has 0 spiro atoms. The van der Waals surface area contributed by atoms with E-state index in [1.165, 1.54) is 12.1 Å². The third kappa shape index (κ3) is 12.0. The molecule has 0 amide bonds. The molecule has 0 bridgehead atoms. The van der Waals surface area contributed by atoms with Crippen LogP contribution in [0.3, 0.4) is 0 Å². The Bertz CT molecular complexity index is 2310. The van der Waals surface area contributed by atoms with Crippen molar-refractivity contribution >= 4 is 99.8 Å². The van der Waals surface area contributed by atoms with Crippen molar-refractivity contribution in [1.29, 1.82) is 0 Å². The molecule has 0 unspecified atom stereocenters. The largest absolute Gasteiger partial charge is 0.392 e. The van der Waals surface area contributed by atoms with Gasteiger partial charge in [-0.3, -0.25) is 9.59 Å². The number of carbonyl (C=O) groups is 2. The van der Waals surface area contributed by atoms with Gasteiger partial charge in [-0.2, -0.15) is 16.8 Å². The zero-order valence-electron chi connectivity index (χ0n) is 28.5. The molecule has 2 aliphatic rings. The van der Waals surface area contributed by atoms with Gasteiger partial charge in [0.15, 0.2) is 23.2 Å². The minimum atomic E-state index is -3.88. The zero-order valence-corrected chi connectivity index (χ0v) is 34.5. The number of ketones is 2. The van der Waals surface area contributed by atoms with Crippen molar-refractivity contribution < 1.29 is 36.3 Å². The van der Waals surface area contributed by atoms with Crippen LogP contribution in [0.1, 0.15) is 62.8 Å². The van der Waals surface area contributed by atoms with Crippen molar-refractivity contribution in [2.75, 3.05) is 17.7 Å². The molecule has 0 saturated carbocycles. The summed E-state index contributed by atoms with van der Waals surface area (Å²) in [6, 6.07) is 25.3. The maximum atomic E-state index is 12.5. The maximum absolute atomic E-state index is 12.5. The number of rotatable bonds is 13. The number of sulfonamides is 2. The highest BCUT2D eigenvalue weighted by Gasteiger charge is 2.29. The van der Waals surface area contributed by atoms with Gasteiger partial charge in [-0.25, -0.2) is 0 Å². The van der Waals surface area contributed by atoms with Crippen molar-refractivity contribution in [3.8, 4) is 0 Å². The van der Waals surface area contributed by atoms with Crippen molar-refractivity contribution in [2.24, 2.45) is 8.80 Å². The van der Waals surface area contributed by atoms with E-state index in [9.17, 15) is 31.5 Å². The molecule has 55 heavy (non-hydrogen) atoms. The van der Waals surface area contributed by atoms with E-state index in [0.29, 0.717) is 43.7 Å². The molecule has 0 atom stereocenters. The summed E-state index contributed by atoms with van der Waals surface area (Å²) < 4.78 is 63.4. The molecule has 3 N–H and O–H groups in total. The number of nitrogens with one attached hydrogen (secondary N) is 2. The quantitative estimate of drug-likeness (QED) is 0.112. The Hall–Kier alpha value is -3.56. The van der Waals surface area contributed by atoms with Crippen LogP contribution in [0.15, 0.2) is 104 Å². The van der Waals surface area contributed by atoms with E-state index >= 15 is 0 Å². The lowest BCUT2D eigenvalue weighted by Gasteiger charge is -2.17. The Morgan fingerprint density at radius 1 is 0.655 bits per heavy atom. The van der Waals surface area contributed by atoms with E-state index in [1.807, 2.05) is 93.7 Å². The van der Waals surface area contributed by atoms with Crippen LogP contribution >= 0.6 is 45.2 Å². The fourth-order valence-corrected chi connectivity index (χ4v) is 9.40. The molecule has 0 aliphatic carbocycles. The normalized spacial score (nSPS) is 14.3. The standard InChI is InChI=1S/C19H19IN2O4S.C18H17IN2O4S.2CH4/c1-26-12-14-6-3-2-5-13(14)7-4-8-17(23)19-21-16-10-9-15(20)11-18(16)27(24,25)22-19;19-14-8-9-15-17(10-14)26(24,25)21-18(20-15)16(23)7-3-6-12-4-1-2-5-13(12)11-22;;/h2-3,5-6,9-11H,4,7-8,12H2,1H3,(H,21,22);1-2,4-5,8-10,22H,3,6-7,11H2,(H,20,21);2*1H4. The van der Waals surface area contributed by atoms with E-state index in [0.717, 1.165) is 29.4 Å². The predicted octanol–water partition coefficient (Wildman–Crippen LogP) is 7.70. The molecule has 294 valence electrons. The third-order valence-electron chi connectivity index (χ3n) is 8.31. The second kappa shape index (κ2) is 20.6. The van der Waals surface area contributed by atoms with E-state index < -0.39 is 20.0 Å². The summed E-state index contributed by atoms with van der Waals surface area (Å²) in [6.07, 6.45) is 2.84. The summed E-state index contributed by atoms with van der Waals surface area (Å²) in [7, 11) is -6.10. The number of Topliss-reactive ketones (excluding diaryl/α,β-unsaturated/α-hetero) is 2. The van der Waals surface area contributed by atoms with Crippen LogP contribution in [0.2, 0.25) is 0 Å². The first-order chi connectivity index (χ1) is 25.3. The van der Waals surface area contributed by atoms with Crippen LogP contribution in [0.25, 0.3) is 0 Å². The molecule has 2 heterocycles. The summed E-state index contributed by atoms with van der Waals surface area (Å²) >= 11 is 4.06. The van der Waals surface area contributed by atoms with Crippen molar-refractivity contribution in [1.82, 2.24) is 0 Å². The third-order valence-corrected chi connectivity index (χ3v) is 12.3. The highest BCUT2D eigenvalue weighted by Crippen LogP contribution is 2.30. The number of hydrogen-bond donors (Lipinski definition) is 3. The Labute approximate surface area is 350 Å². The number of carbonyl (C=O) groups excluding carboxylic acids is 2. The summed E-state index contributed by atoms with van der Waals surface area (Å²) in [5.41, 5.74) is 4.78. The smallest absolute Gasteiger partial charge is 0.286 e. The van der Waals surface area contributed by atoms with Crippen LogP contribution in [0, 0.1) is 7.14 Å². The Morgan fingerprint density at radius 2 is 1.05 bits per heavy atom. The molecule has 0 saturated heterocycles. The number of halogens is 2. The van der Waals surface area contributed by atoms with E-state index in [-0.39, 0.29) is 67.3 Å². The second-order valence-corrected chi connectivity index (χ2v) is 17.7. The first-order valence-corrected chi connectivity index (χ1v) is 21.5. The predicted molar refractivity (Wildman–Crippen MR) is 234 cm³/mol. The van der Waals surface area contributed by atoms with Crippen molar-refractivity contribution in [2.45, 2.75) is 76.4 Å². The van der Waals surface area contributed by atoms with Crippen molar-refractivity contribution in [3.63, 3.8) is 0 Å². The van der Waals surface area contributed by atoms with Crippen LogP contribution in [-0.4, -0.2) is 52.3 Å². The summed E-state index contributed by atoms with van der Waals surface area (Å²) in [4.78, 5) is 25.1. The van der Waals surface area contributed by atoms with Crippen LogP contribution in [0.4, 0.5) is 11.4 Å². The first-order valence-electron chi connectivity index (χ1n) is 16.4. The molecule has 0 aromatic heterocycles. The number of fused-ring (bicyclic) bond motifs is 2. The second-order valence-electron chi connectivity index (χ2n) is 12.0. The number of aliphatic hydroxyl groups excluding tert-OH is 1. The SMILES string of the molecule is C.C.COCc1ccccc1CCCC(=O)C1=NS(=O)(=O)c2cc(I)ccc2N1.O=C(CCCc1ccccc1CO)C1=NS(=O)(=O)c2cc(I)ccc2N1. The van der Waals surface area contributed by atoms with Gasteiger partial charge in [-0.05, 0) is 130 Å². The molecule has 0 fully saturated rings. The lowest BCUT2D eigenvalue weighted by molar-refractivity contribution is -0.113. The van der Waals surface area contributed by atoms with Crippen LogP contribution < -0.4 is 10.6 Å². The lowest BCUT2D eigenvalue weighted by atomic mass is 10.0. The number of ether oxygens (including phenoxy) is 1. The molecule has 12 nitrogen and oxygen atoms in total. The highest BCUT2D eigenvalue weighted by molar-refractivity contribution is 14.1. The minimum Gasteiger partial charge on any atom is -0.392 e. The van der Waals surface area contributed by atoms with E-state index in [1.54, 1.807) is 31.4 Å². The molecular formula is C39H44I2N4O8S2. The topological polar surface area (TPSA) is 181 Å². The molecule has 16 heteroatoms. The minimum absolute atomic E-state index is 0. The van der Waals surface area contributed by atoms with Gasteiger partial charge in [0.05, 0.1) is 24.6 Å². The summed E-state index contributed by atoms with van der Waals surface area (Å²) in [6.45, 7) is 0.471. The first kappa shape index (κ1) is 45.8. The van der Waals surface area contributed by atoms with Gasteiger partial charge < -0.3 is 20.5 Å². The molecular weight excluding hydrogens is 970 g/mol.